The summed E-state index contributed by atoms with van der Waals surface area (Å²) in [6, 6.07) is 0.182. The first-order chi connectivity index (χ1) is 8.14. The Morgan fingerprint density at radius 3 is 2.65 bits per heavy atom. The van der Waals surface area contributed by atoms with Crippen LogP contribution in [-0.2, 0) is 4.79 Å². The molecule has 0 aromatic carbocycles. The minimum absolute atomic E-state index is 0.0919. The van der Waals surface area contributed by atoms with Gasteiger partial charge >= 0.3 is 0 Å². The lowest BCUT2D eigenvalue weighted by atomic mass is 9.85. The van der Waals surface area contributed by atoms with Gasteiger partial charge in [-0.15, -0.1) is 0 Å². The topological polar surface area (TPSA) is 49.3 Å². The zero-order valence-corrected chi connectivity index (χ0v) is 10.9. The molecular weight excluding hydrogens is 214 g/mol. The van der Waals surface area contributed by atoms with Crippen LogP contribution in [0, 0.1) is 11.3 Å². The fourth-order valence-electron chi connectivity index (χ4n) is 3.40. The lowest BCUT2D eigenvalue weighted by Crippen LogP contribution is -2.45. The minimum atomic E-state index is -0.0919. The van der Waals surface area contributed by atoms with Gasteiger partial charge < -0.3 is 10.4 Å². The lowest BCUT2D eigenvalue weighted by Gasteiger charge is -2.30. The average Bonchev–Trinajstić information content (AvgIpc) is 2.91. The zero-order valence-electron chi connectivity index (χ0n) is 10.9. The molecule has 3 nitrogen and oxygen atoms in total. The molecule has 0 radical (unpaired) electrons. The van der Waals surface area contributed by atoms with Crippen molar-refractivity contribution in [2.75, 3.05) is 6.61 Å². The summed E-state index contributed by atoms with van der Waals surface area (Å²) in [7, 11) is 0. The highest BCUT2D eigenvalue weighted by Crippen LogP contribution is 2.37. The van der Waals surface area contributed by atoms with Crippen molar-refractivity contribution in [3.05, 3.63) is 0 Å². The van der Waals surface area contributed by atoms with Gasteiger partial charge in [0.25, 0.3) is 0 Å². The Bertz CT molecular complexity index is 273. The number of aliphatic hydroxyl groups is 1. The third-order valence-corrected chi connectivity index (χ3v) is 4.73. The summed E-state index contributed by atoms with van der Waals surface area (Å²) in [5.41, 5.74) is -0.0919. The van der Waals surface area contributed by atoms with Crippen LogP contribution >= 0.6 is 0 Å². The van der Waals surface area contributed by atoms with Gasteiger partial charge in [0, 0.05) is 17.9 Å². The van der Waals surface area contributed by atoms with Crippen LogP contribution in [0.3, 0.4) is 0 Å². The van der Waals surface area contributed by atoms with Crippen molar-refractivity contribution in [1.82, 2.24) is 5.32 Å². The fourth-order valence-corrected chi connectivity index (χ4v) is 3.40. The van der Waals surface area contributed by atoms with Crippen LogP contribution in [0.5, 0.6) is 0 Å². The Labute approximate surface area is 104 Å². The monoisotopic (exact) mass is 239 g/mol. The molecule has 98 valence electrons. The van der Waals surface area contributed by atoms with E-state index in [1.54, 1.807) is 0 Å². The first kappa shape index (κ1) is 12.9. The molecule has 1 amide bonds. The molecule has 0 saturated heterocycles. The Morgan fingerprint density at radius 1 is 1.29 bits per heavy atom. The number of carbonyl (C=O) groups is 1. The third-order valence-electron chi connectivity index (χ3n) is 4.73. The van der Waals surface area contributed by atoms with Crippen molar-refractivity contribution < 1.29 is 9.90 Å². The van der Waals surface area contributed by atoms with E-state index >= 15 is 0 Å². The summed E-state index contributed by atoms with van der Waals surface area (Å²) < 4.78 is 0. The van der Waals surface area contributed by atoms with Crippen LogP contribution in [0.2, 0.25) is 0 Å². The van der Waals surface area contributed by atoms with Crippen LogP contribution in [-0.4, -0.2) is 23.7 Å². The molecule has 2 saturated carbocycles. The Kier molecular flexibility index (Phi) is 4.08. The molecule has 17 heavy (non-hydrogen) atoms. The summed E-state index contributed by atoms with van der Waals surface area (Å²) in [4.78, 5) is 12.0. The predicted molar refractivity (Wildman–Crippen MR) is 67.5 cm³/mol. The van der Waals surface area contributed by atoms with E-state index in [9.17, 15) is 9.90 Å². The summed E-state index contributed by atoms with van der Waals surface area (Å²) >= 11 is 0. The van der Waals surface area contributed by atoms with E-state index < -0.39 is 0 Å². The smallest absolute Gasteiger partial charge is 0.220 e. The SMILES string of the molecule is CC1(CO)CCCC1NC(=O)CC1CCCC1. The Morgan fingerprint density at radius 2 is 2.00 bits per heavy atom. The van der Waals surface area contributed by atoms with Crippen LogP contribution in [0.1, 0.15) is 58.3 Å². The van der Waals surface area contributed by atoms with E-state index in [0.29, 0.717) is 12.3 Å². The van der Waals surface area contributed by atoms with Crippen molar-refractivity contribution in [1.29, 1.82) is 0 Å². The number of hydrogen-bond acceptors (Lipinski definition) is 2. The molecule has 0 spiro atoms. The molecule has 2 fully saturated rings. The molecule has 3 heteroatoms. The predicted octanol–water partition coefficient (Wildman–Crippen LogP) is 2.23. The Balaban J connectivity index is 1.81. The maximum Gasteiger partial charge on any atom is 0.220 e. The van der Waals surface area contributed by atoms with Crippen LogP contribution < -0.4 is 5.32 Å². The molecule has 0 aromatic heterocycles. The molecule has 2 aliphatic carbocycles. The number of hydrogen-bond donors (Lipinski definition) is 2. The van der Waals surface area contributed by atoms with Crippen molar-refractivity contribution in [3.63, 3.8) is 0 Å². The average molecular weight is 239 g/mol. The quantitative estimate of drug-likeness (QED) is 0.790. The van der Waals surface area contributed by atoms with Crippen molar-refractivity contribution >= 4 is 5.91 Å². The second-order valence-corrected chi connectivity index (χ2v) is 6.18. The maximum atomic E-state index is 12.0. The molecule has 0 aromatic rings. The molecule has 2 N–H and O–H groups in total. The summed E-state index contributed by atoms with van der Waals surface area (Å²) in [6.07, 6.45) is 8.87. The van der Waals surface area contributed by atoms with E-state index in [0.717, 1.165) is 19.3 Å². The fraction of sp³-hybridized carbons (Fsp3) is 0.929. The van der Waals surface area contributed by atoms with Gasteiger partial charge in [0.2, 0.25) is 5.91 Å². The Hall–Kier alpha value is -0.570. The number of aliphatic hydroxyl groups excluding tert-OH is 1. The number of carbonyl (C=O) groups excluding carboxylic acids is 1. The van der Waals surface area contributed by atoms with Gasteiger partial charge in [0.1, 0.15) is 0 Å². The van der Waals surface area contributed by atoms with Crippen molar-refractivity contribution in [2.24, 2.45) is 11.3 Å². The summed E-state index contributed by atoms with van der Waals surface area (Å²) in [6.45, 7) is 2.27. The minimum Gasteiger partial charge on any atom is -0.396 e. The molecule has 2 aliphatic rings. The first-order valence-electron chi connectivity index (χ1n) is 7.04. The maximum absolute atomic E-state index is 12.0. The lowest BCUT2D eigenvalue weighted by molar-refractivity contribution is -0.123. The van der Waals surface area contributed by atoms with E-state index in [2.05, 4.69) is 12.2 Å². The van der Waals surface area contributed by atoms with Crippen LogP contribution in [0.4, 0.5) is 0 Å². The second kappa shape index (κ2) is 5.38. The third kappa shape index (κ3) is 3.01. The normalized spacial score (nSPS) is 34.1. The van der Waals surface area contributed by atoms with E-state index in [1.165, 1.54) is 25.7 Å². The number of nitrogens with one attached hydrogen (secondary N) is 1. The highest BCUT2D eigenvalue weighted by molar-refractivity contribution is 5.76. The molecule has 0 aliphatic heterocycles. The first-order valence-corrected chi connectivity index (χ1v) is 7.04. The molecular formula is C14H25NO2. The van der Waals surface area contributed by atoms with E-state index in [1.807, 2.05) is 0 Å². The van der Waals surface area contributed by atoms with Crippen molar-refractivity contribution in [3.8, 4) is 0 Å². The highest BCUT2D eigenvalue weighted by atomic mass is 16.3. The number of amides is 1. The number of rotatable bonds is 4. The van der Waals surface area contributed by atoms with Gasteiger partial charge in [-0.05, 0) is 31.6 Å². The molecule has 2 rings (SSSR count). The van der Waals surface area contributed by atoms with Crippen LogP contribution in [0.15, 0.2) is 0 Å². The van der Waals surface area contributed by atoms with Gasteiger partial charge in [0.15, 0.2) is 0 Å². The van der Waals surface area contributed by atoms with Gasteiger partial charge in [-0.2, -0.15) is 0 Å². The van der Waals surface area contributed by atoms with Gasteiger partial charge in [-0.1, -0.05) is 26.2 Å². The molecule has 2 atom stereocenters. The molecule has 2 unspecified atom stereocenters. The van der Waals surface area contributed by atoms with Gasteiger partial charge in [0.05, 0.1) is 6.61 Å². The van der Waals surface area contributed by atoms with Crippen LogP contribution in [0.25, 0.3) is 0 Å². The molecule has 0 bridgehead atoms. The summed E-state index contributed by atoms with van der Waals surface area (Å²) in [5, 5.41) is 12.6. The highest BCUT2D eigenvalue weighted by Gasteiger charge is 2.39. The van der Waals surface area contributed by atoms with E-state index in [-0.39, 0.29) is 24.0 Å². The summed E-state index contributed by atoms with van der Waals surface area (Å²) in [5.74, 6) is 0.806. The van der Waals surface area contributed by atoms with Gasteiger partial charge in [-0.25, -0.2) is 0 Å². The standard InChI is InChI=1S/C14H25NO2/c1-14(10-16)8-4-7-12(14)15-13(17)9-11-5-2-3-6-11/h11-12,16H,2-10H2,1H3,(H,15,17). The largest absolute Gasteiger partial charge is 0.396 e. The second-order valence-electron chi connectivity index (χ2n) is 6.18. The van der Waals surface area contributed by atoms with Crippen molar-refractivity contribution in [2.45, 2.75) is 64.3 Å². The van der Waals surface area contributed by atoms with Gasteiger partial charge in [-0.3, -0.25) is 4.79 Å². The zero-order chi connectivity index (χ0) is 12.3. The molecule has 0 heterocycles. The van der Waals surface area contributed by atoms with E-state index in [4.69, 9.17) is 0 Å².